The van der Waals surface area contributed by atoms with Gasteiger partial charge in [-0.25, -0.2) is 4.98 Å². The molecule has 0 saturated carbocycles. The number of fused-ring (bicyclic) bond motifs is 1. The van der Waals surface area contributed by atoms with Crippen LogP contribution in [0.25, 0.3) is 22.4 Å². The van der Waals surface area contributed by atoms with Crippen LogP contribution in [-0.4, -0.2) is 33.0 Å². The van der Waals surface area contributed by atoms with Gasteiger partial charge in [-0.05, 0) is 12.1 Å². The maximum atomic E-state index is 9.09. The van der Waals surface area contributed by atoms with Gasteiger partial charge in [0, 0.05) is 18.2 Å². The molecule has 2 aromatic heterocycles. The van der Waals surface area contributed by atoms with Crippen molar-refractivity contribution in [2.75, 3.05) is 18.5 Å². The first-order chi connectivity index (χ1) is 12.3. The van der Waals surface area contributed by atoms with E-state index in [-0.39, 0.29) is 6.61 Å². The number of aliphatic hydroxyl groups is 1. The normalized spacial score (nSPS) is 11.1. The van der Waals surface area contributed by atoms with Gasteiger partial charge in [-0.3, -0.25) is 0 Å². The summed E-state index contributed by atoms with van der Waals surface area (Å²) < 4.78 is 7.53. The third-order valence-electron chi connectivity index (χ3n) is 3.99. The smallest absolute Gasteiger partial charge is 0.204 e. The molecule has 0 aliphatic heterocycles. The molecule has 4 aromatic rings. The summed E-state index contributed by atoms with van der Waals surface area (Å²) in [6.07, 6.45) is 0. The lowest BCUT2D eigenvalue weighted by atomic mass is 10.1. The van der Waals surface area contributed by atoms with Gasteiger partial charge in [0.1, 0.15) is 5.69 Å². The monoisotopic (exact) mass is 334 g/mol. The van der Waals surface area contributed by atoms with E-state index in [0.717, 1.165) is 28.1 Å². The second kappa shape index (κ2) is 6.78. The molecule has 0 radical (unpaired) electrons. The molecular formula is C19H18N4O2. The fourth-order valence-corrected chi connectivity index (χ4v) is 2.83. The third kappa shape index (κ3) is 3.12. The minimum absolute atomic E-state index is 0.0469. The predicted molar refractivity (Wildman–Crippen MR) is 96.3 cm³/mol. The average Bonchev–Trinajstić information content (AvgIpc) is 3.26. The summed E-state index contributed by atoms with van der Waals surface area (Å²) >= 11 is 0. The molecular weight excluding hydrogens is 316 g/mol. The Morgan fingerprint density at radius 3 is 2.68 bits per heavy atom. The Labute approximate surface area is 144 Å². The lowest BCUT2D eigenvalue weighted by Crippen LogP contribution is -2.12. The van der Waals surface area contributed by atoms with Gasteiger partial charge in [-0.1, -0.05) is 47.6 Å². The maximum absolute atomic E-state index is 9.09. The summed E-state index contributed by atoms with van der Waals surface area (Å²) in [5.74, 6) is 1.45. The Morgan fingerprint density at radius 1 is 1.04 bits per heavy atom. The molecule has 0 aliphatic rings. The molecule has 0 atom stereocenters. The van der Waals surface area contributed by atoms with E-state index in [0.29, 0.717) is 19.0 Å². The molecule has 6 heteroatoms. The van der Waals surface area contributed by atoms with E-state index in [9.17, 15) is 0 Å². The lowest BCUT2D eigenvalue weighted by Gasteiger charge is -2.08. The van der Waals surface area contributed by atoms with Crippen molar-refractivity contribution in [2.24, 2.45) is 0 Å². The minimum Gasteiger partial charge on any atom is -0.395 e. The molecule has 0 saturated heterocycles. The van der Waals surface area contributed by atoms with Crippen LogP contribution in [0.3, 0.4) is 0 Å². The van der Waals surface area contributed by atoms with Crippen LogP contribution in [0.4, 0.5) is 5.95 Å². The standard InChI is InChI=1S/C19H18N4O2/c24-11-10-20-19-21-16-8-4-5-9-17(16)23(19)13-15-12-18(25-22-15)14-6-2-1-3-7-14/h1-9,12,24H,10-11,13H2,(H,20,21). The molecule has 0 unspecified atom stereocenters. The molecule has 2 N–H and O–H groups in total. The zero-order chi connectivity index (χ0) is 17.1. The number of hydrogen-bond donors (Lipinski definition) is 2. The van der Waals surface area contributed by atoms with Crippen molar-refractivity contribution >= 4 is 17.0 Å². The average molecular weight is 334 g/mol. The highest BCUT2D eigenvalue weighted by Crippen LogP contribution is 2.24. The number of aromatic nitrogens is 3. The molecule has 0 bridgehead atoms. The van der Waals surface area contributed by atoms with Crippen LogP contribution in [-0.2, 0) is 6.54 Å². The van der Waals surface area contributed by atoms with Crippen molar-refractivity contribution in [1.29, 1.82) is 0 Å². The largest absolute Gasteiger partial charge is 0.395 e. The highest BCUT2D eigenvalue weighted by molar-refractivity contribution is 5.78. The number of benzene rings is 2. The SMILES string of the molecule is OCCNc1nc2ccccc2n1Cc1cc(-c2ccccc2)on1. The highest BCUT2D eigenvalue weighted by atomic mass is 16.5. The molecule has 126 valence electrons. The first kappa shape index (κ1) is 15.4. The summed E-state index contributed by atoms with van der Waals surface area (Å²) in [5.41, 5.74) is 3.71. The number of hydrogen-bond acceptors (Lipinski definition) is 5. The van der Waals surface area contributed by atoms with Crippen molar-refractivity contribution in [1.82, 2.24) is 14.7 Å². The summed E-state index contributed by atoms with van der Waals surface area (Å²) in [6.45, 7) is 1.02. The molecule has 2 heterocycles. The van der Waals surface area contributed by atoms with Gasteiger partial charge in [-0.15, -0.1) is 0 Å². The zero-order valence-corrected chi connectivity index (χ0v) is 13.6. The van der Waals surface area contributed by atoms with Gasteiger partial charge in [-0.2, -0.15) is 0 Å². The third-order valence-corrected chi connectivity index (χ3v) is 3.99. The van der Waals surface area contributed by atoms with Crippen LogP contribution in [0.2, 0.25) is 0 Å². The van der Waals surface area contributed by atoms with Gasteiger partial charge < -0.3 is 19.5 Å². The highest BCUT2D eigenvalue weighted by Gasteiger charge is 2.13. The van der Waals surface area contributed by atoms with Crippen molar-refractivity contribution in [3.63, 3.8) is 0 Å². The summed E-state index contributed by atoms with van der Waals surface area (Å²) in [7, 11) is 0. The van der Waals surface area contributed by atoms with E-state index in [1.165, 1.54) is 0 Å². The van der Waals surface area contributed by atoms with Gasteiger partial charge in [0.05, 0.1) is 24.2 Å². The van der Waals surface area contributed by atoms with Crippen molar-refractivity contribution in [3.8, 4) is 11.3 Å². The topological polar surface area (TPSA) is 76.1 Å². The lowest BCUT2D eigenvalue weighted by molar-refractivity contribution is 0.310. The maximum Gasteiger partial charge on any atom is 0.204 e. The first-order valence-corrected chi connectivity index (χ1v) is 8.16. The predicted octanol–water partition coefficient (Wildman–Crippen LogP) is 3.14. The second-order valence-electron chi connectivity index (χ2n) is 5.71. The molecule has 0 spiro atoms. The van der Waals surface area contributed by atoms with Gasteiger partial charge in [0.2, 0.25) is 5.95 Å². The number of nitrogens with one attached hydrogen (secondary N) is 1. The Kier molecular flexibility index (Phi) is 4.18. The fourth-order valence-electron chi connectivity index (χ4n) is 2.83. The molecule has 6 nitrogen and oxygen atoms in total. The van der Waals surface area contributed by atoms with E-state index in [4.69, 9.17) is 9.63 Å². The molecule has 4 rings (SSSR count). The molecule has 2 aromatic carbocycles. The molecule has 25 heavy (non-hydrogen) atoms. The number of rotatable bonds is 6. The molecule has 0 aliphatic carbocycles. The van der Waals surface area contributed by atoms with E-state index in [2.05, 4.69) is 15.5 Å². The quantitative estimate of drug-likeness (QED) is 0.566. The Bertz CT molecular complexity index is 975. The zero-order valence-electron chi connectivity index (χ0n) is 13.6. The number of para-hydroxylation sites is 2. The minimum atomic E-state index is 0.0469. The summed E-state index contributed by atoms with van der Waals surface area (Å²) in [6, 6.07) is 19.8. The Balaban J connectivity index is 1.67. The van der Waals surface area contributed by atoms with Gasteiger partial charge in [0.15, 0.2) is 5.76 Å². The van der Waals surface area contributed by atoms with E-state index in [1.807, 2.05) is 65.2 Å². The van der Waals surface area contributed by atoms with E-state index in [1.54, 1.807) is 0 Å². The van der Waals surface area contributed by atoms with E-state index < -0.39 is 0 Å². The van der Waals surface area contributed by atoms with Crippen molar-refractivity contribution in [3.05, 3.63) is 66.4 Å². The number of nitrogens with zero attached hydrogens (tertiary/aromatic N) is 3. The Morgan fingerprint density at radius 2 is 1.84 bits per heavy atom. The summed E-state index contributed by atoms with van der Waals surface area (Å²) in [5, 5.41) is 16.4. The summed E-state index contributed by atoms with van der Waals surface area (Å²) in [4.78, 5) is 4.59. The second-order valence-corrected chi connectivity index (χ2v) is 5.71. The van der Waals surface area contributed by atoms with Crippen LogP contribution in [0, 0.1) is 0 Å². The first-order valence-electron chi connectivity index (χ1n) is 8.16. The molecule has 0 fully saturated rings. The Hall–Kier alpha value is -3.12. The number of aliphatic hydroxyl groups excluding tert-OH is 1. The van der Waals surface area contributed by atoms with Crippen molar-refractivity contribution < 1.29 is 9.63 Å². The molecule has 0 amide bonds. The van der Waals surface area contributed by atoms with Gasteiger partial charge in [0.25, 0.3) is 0 Å². The van der Waals surface area contributed by atoms with Gasteiger partial charge >= 0.3 is 0 Å². The van der Waals surface area contributed by atoms with Crippen LogP contribution < -0.4 is 5.32 Å². The van der Waals surface area contributed by atoms with Crippen LogP contribution in [0.1, 0.15) is 5.69 Å². The fraction of sp³-hybridized carbons (Fsp3) is 0.158. The van der Waals surface area contributed by atoms with Crippen LogP contribution >= 0.6 is 0 Å². The van der Waals surface area contributed by atoms with Crippen molar-refractivity contribution in [2.45, 2.75) is 6.54 Å². The van der Waals surface area contributed by atoms with E-state index >= 15 is 0 Å². The van der Waals surface area contributed by atoms with Crippen LogP contribution in [0.15, 0.2) is 65.2 Å². The number of anilines is 1. The number of imidazole rings is 1. The van der Waals surface area contributed by atoms with Crippen LogP contribution in [0.5, 0.6) is 0 Å².